The summed E-state index contributed by atoms with van der Waals surface area (Å²) in [6.07, 6.45) is 3.05. The minimum atomic E-state index is -0.0642. The molecule has 3 aromatic rings. The third kappa shape index (κ3) is 4.43. The number of benzene rings is 1. The number of nitriles is 1. The van der Waals surface area contributed by atoms with E-state index < -0.39 is 0 Å². The summed E-state index contributed by atoms with van der Waals surface area (Å²) < 4.78 is 0. The average molecular weight is 423 g/mol. The zero-order valence-corrected chi connectivity index (χ0v) is 18.0. The minimum absolute atomic E-state index is 0.0642. The first-order valence-electron chi connectivity index (χ1n) is 9.92. The number of carbonyl (C=O) groups excluding carboxylic acids is 1. The molecule has 4 rings (SSSR count). The Balaban J connectivity index is 1.47. The van der Waals surface area contributed by atoms with Crippen LogP contribution < -0.4 is 10.6 Å². The number of nitrogens with one attached hydrogen (secondary N) is 1. The fraction of sp³-hybridized carbons (Fsp3) is 0.304. The molecule has 4 nitrogen and oxygen atoms in total. The molecule has 0 spiro atoms. The van der Waals surface area contributed by atoms with Crippen LogP contribution in [0, 0.1) is 17.2 Å². The number of thiophene rings is 2. The molecule has 0 saturated heterocycles. The number of carbonyl (C=O) groups is 1. The molecule has 1 aliphatic rings. The summed E-state index contributed by atoms with van der Waals surface area (Å²) in [7, 11) is 0. The van der Waals surface area contributed by atoms with Crippen LogP contribution in [0.25, 0.3) is 0 Å². The zero-order valence-electron chi connectivity index (χ0n) is 16.4. The van der Waals surface area contributed by atoms with Crippen LogP contribution in [0.1, 0.15) is 45.8 Å². The van der Waals surface area contributed by atoms with Crippen LogP contribution in [-0.2, 0) is 17.6 Å². The number of amides is 1. The van der Waals surface area contributed by atoms with Crippen molar-refractivity contribution >= 4 is 33.6 Å². The summed E-state index contributed by atoms with van der Waals surface area (Å²) in [5.41, 5.74) is 3.00. The van der Waals surface area contributed by atoms with Crippen molar-refractivity contribution in [1.29, 1.82) is 5.26 Å². The number of fused-ring (bicyclic) bond motifs is 1. The van der Waals surface area contributed by atoms with Crippen molar-refractivity contribution in [2.24, 2.45) is 5.92 Å². The normalized spacial score (nSPS) is 16.6. The molecule has 148 valence electrons. The average Bonchev–Trinajstić information content (AvgIpc) is 3.36. The van der Waals surface area contributed by atoms with Crippen LogP contribution in [0.15, 0.2) is 47.8 Å². The number of hydrogen-bond acceptors (Lipinski definition) is 4. The number of rotatable bonds is 6. The molecule has 6 heteroatoms. The maximum absolute atomic E-state index is 12.7. The van der Waals surface area contributed by atoms with Crippen molar-refractivity contribution in [3.63, 3.8) is 0 Å². The lowest BCUT2D eigenvalue weighted by Crippen LogP contribution is -2.87. The van der Waals surface area contributed by atoms with E-state index in [2.05, 4.69) is 47.2 Å². The Morgan fingerprint density at radius 2 is 2.14 bits per heavy atom. The van der Waals surface area contributed by atoms with Crippen molar-refractivity contribution in [2.75, 3.05) is 11.9 Å². The molecule has 0 unspecified atom stereocenters. The first-order valence-corrected chi connectivity index (χ1v) is 11.6. The predicted molar refractivity (Wildman–Crippen MR) is 118 cm³/mol. The molecule has 2 heterocycles. The molecule has 2 atom stereocenters. The second kappa shape index (κ2) is 8.91. The van der Waals surface area contributed by atoms with Crippen LogP contribution in [-0.4, -0.2) is 12.5 Å². The third-order valence-corrected chi connectivity index (χ3v) is 7.55. The van der Waals surface area contributed by atoms with E-state index >= 15 is 0 Å². The van der Waals surface area contributed by atoms with Gasteiger partial charge in [-0.2, -0.15) is 5.26 Å². The Kier molecular flexibility index (Phi) is 6.10. The number of nitrogens with zero attached hydrogens (tertiary/aromatic N) is 1. The molecule has 0 radical (unpaired) electrons. The quantitative estimate of drug-likeness (QED) is 0.628. The highest BCUT2D eigenvalue weighted by molar-refractivity contribution is 7.16. The van der Waals surface area contributed by atoms with Gasteiger partial charge in [0.05, 0.1) is 10.4 Å². The lowest BCUT2D eigenvalue weighted by atomic mass is 9.89. The van der Waals surface area contributed by atoms with Crippen molar-refractivity contribution in [3.8, 4) is 6.07 Å². The Bertz CT molecular complexity index is 1020. The minimum Gasteiger partial charge on any atom is -0.328 e. The Morgan fingerprint density at radius 3 is 2.86 bits per heavy atom. The van der Waals surface area contributed by atoms with E-state index in [4.69, 9.17) is 0 Å². The van der Waals surface area contributed by atoms with E-state index in [1.54, 1.807) is 22.7 Å². The number of nitrogens with two attached hydrogens (primary N) is 1. The summed E-state index contributed by atoms with van der Waals surface area (Å²) in [5.74, 6) is 0.577. The third-order valence-electron chi connectivity index (χ3n) is 5.42. The molecule has 3 N–H and O–H groups in total. The Hall–Kier alpha value is -2.46. The van der Waals surface area contributed by atoms with Gasteiger partial charge in [-0.1, -0.05) is 43.3 Å². The van der Waals surface area contributed by atoms with Crippen LogP contribution >= 0.6 is 22.7 Å². The highest BCUT2D eigenvalue weighted by Crippen LogP contribution is 2.39. The van der Waals surface area contributed by atoms with E-state index in [0.717, 1.165) is 29.8 Å². The van der Waals surface area contributed by atoms with E-state index in [-0.39, 0.29) is 11.9 Å². The molecule has 1 aromatic carbocycles. The largest absolute Gasteiger partial charge is 0.328 e. The van der Waals surface area contributed by atoms with E-state index in [9.17, 15) is 10.1 Å². The van der Waals surface area contributed by atoms with Gasteiger partial charge in [-0.25, -0.2) is 0 Å². The summed E-state index contributed by atoms with van der Waals surface area (Å²) in [6.45, 7) is 2.55. The second-order valence-electron chi connectivity index (χ2n) is 7.56. The predicted octanol–water partition coefficient (Wildman–Crippen LogP) is 4.10. The molecule has 0 bridgehead atoms. The van der Waals surface area contributed by atoms with Crippen LogP contribution in [0.5, 0.6) is 0 Å². The second-order valence-corrected chi connectivity index (χ2v) is 9.64. The summed E-state index contributed by atoms with van der Waals surface area (Å²) in [6, 6.07) is 16.8. The Morgan fingerprint density at radius 1 is 1.31 bits per heavy atom. The number of anilines is 1. The van der Waals surface area contributed by atoms with Gasteiger partial charge in [-0.3, -0.25) is 4.79 Å². The lowest BCUT2D eigenvalue weighted by molar-refractivity contribution is -0.675. The van der Waals surface area contributed by atoms with Gasteiger partial charge in [0.15, 0.2) is 6.54 Å². The fourth-order valence-electron chi connectivity index (χ4n) is 3.90. The van der Waals surface area contributed by atoms with E-state index in [0.29, 0.717) is 18.0 Å². The first kappa shape index (κ1) is 19.8. The van der Waals surface area contributed by atoms with E-state index in [1.807, 2.05) is 24.3 Å². The molecule has 0 fully saturated rings. The molecule has 29 heavy (non-hydrogen) atoms. The highest BCUT2D eigenvalue weighted by atomic mass is 32.1. The molecule has 2 aromatic heterocycles. The standard InChI is InChI=1S/C23H23N3OS2/c1-15-9-10-17-18(13-24)23(29-20(17)12-15)26-21(27)14-25-22(19-8-5-11-28-19)16-6-3-2-4-7-16/h2-8,11,15,22,25H,9-10,12,14H2,1H3,(H,26,27)/p+1/t15-,22+/m0/s1. The number of hydrogen-bond donors (Lipinski definition) is 2. The molecule has 0 aliphatic heterocycles. The summed E-state index contributed by atoms with van der Waals surface area (Å²) >= 11 is 3.28. The summed E-state index contributed by atoms with van der Waals surface area (Å²) in [5, 5.41) is 17.5. The van der Waals surface area contributed by atoms with Crippen molar-refractivity contribution in [2.45, 2.75) is 32.2 Å². The van der Waals surface area contributed by atoms with Gasteiger partial charge in [-0.15, -0.1) is 22.7 Å². The first-order chi connectivity index (χ1) is 14.2. The van der Waals surface area contributed by atoms with Gasteiger partial charge >= 0.3 is 0 Å². The highest BCUT2D eigenvalue weighted by Gasteiger charge is 2.25. The van der Waals surface area contributed by atoms with Crippen molar-refractivity contribution in [1.82, 2.24) is 0 Å². The van der Waals surface area contributed by atoms with Gasteiger partial charge in [-0.05, 0) is 42.2 Å². The van der Waals surface area contributed by atoms with Crippen LogP contribution in [0.4, 0.5) is 5.00 Å². The topological polar surface area (TPSA) is 69.5 Å². The smallest absolute Gasteiger partial charge is 0.280 e. The SMILES string of the molecule is C[C@H]1CCc2c(sc(NC(=O)C[NH2+][C@H](c3ccccc3)c3cccs3)c2C#N)C1. The van der Waals surface area contributed by atoms with Gasteiger partial charge in [0, 0.05) is 10.4 Å². The zero-order chi connectivity index (χ0) is 20.2. The van der Waals surface area contributed by atoms with Gasteiger partial charge in [0.25, 0.3) is 5.91 Å². The van der Waals surface area contributed by atoms with Crippen LogP contribution in [0.3, 0.4) is 0 Å². The molecular weight excluding hydrogens is 398 g/mol. The maximum atomic E-state index is 12.7. The van der Waals surface area contributed by atoms with E-state index in [1.165, 1.54) is 15.3 Å². The van der Waals surface area contributed by atoms with Crippen molar-refractivity contribution < 1.29 is 10.1 Å². The van der Waals surface area contributed by atoms with Crippen LogP contribution in [0.2, 0.25) is 0 Å². The fourth-order valence-corrected chi connectivity index (χ4v) is 6.13. The lowest BCUT2D eigenvalue weighted by Gasteiger charge is -2.17. The maximum Gasteiger partial charge on any atom is 0.280 e. The Labute approximate surface area is 179 Å². The molecule has 0 saturated carbocycles. The van der Waals surface area contributed by atoms with Gasteiger partial charge < -0.3 is 10.6 Å². The summed E-state index contributed by atoms with van der Waals surface area (Å²) in [4.78, 5) is 15.2. The van der Waals surface area contributed by atoms with Crippen molar-refractivity contribution in [3.05, 3.63) is 74.3 Å². The monoisotopic (exact) mass is 422 g/mol. The number of quaternary nitrogens is 1. The molecular formula is C23H24N3OS2+. The molecule has 1 aliphatic carbocycles. The van der Waals surface area contributed by atoms with Gasteiger partial charge in [0.2, 0.25) is 0 Å². The molecule has 1 amide bonds. The van der Waals surface area contributed by atoms with Gasteiger partial charge in [0.1, 0.15) is 17.1 Å².